The molecule has 29 heavy (non-hydrogen) atoms. The Morgan fingerprint density at radius 1 is 1.41 bits per heavy atom. The number of hydrogen-bond acceptors (Lipinski definition) is 6. The summed E-state index contributed by atoms with van der Waals surface area (Å²) in [5.41, 5.74) is -0.178. The molecule has 3 aromatic heterocycles. The largest absolute Gasteiger partial charge is 0.459 e. The number of H-pyrrole nitrogens is 1. The van der Waals surface area contributed by atoms with E-state index in [0.29, 0.717) is 22.4 Å². The summed E-state index contributed by atoms with van der Waals surface area (Å²) in [6.45, 7) is 8.40. The van der Waals surface area contributed by atoms with E-state index in [1.54, 1.807) is 40.8 Å². The molecule has 0 aliphatic heterocycles. The van der Waals surface area contributed by atoms with Crippen molar-refractivity contribution in [1.82, 2.24) is 14.7 Å². The number of carbonyl (C=O) groups excluding carboxylic acids is 1. The highest BCUT2D eigenvalue weighted by molar-refractivity contribution is 6.07. The molecule has 152 valence electrons. The molecular formula is C21H23N3O5. The molecule has 0 bridgehead atoms. The highest BCUT2D eigenvalue weighted by Gasteiger charge is 2.26. The smallest absolute Gasteiger partial charge is 0.340 e. The molecule has 0 fully saturated rings. The molecule has 0 aliphatic rings. The Hall–Kier alpha value is -3.31. The molecule has 0 saturated carbocycles. The van der Waals surface area contributed by atoms with E-state index in [4.69, 9.17) is 9.26 Å². The number of aromatic amines is 1. The summed E-state index contributed by atoms with van der Waals surface area (Å²) < 4.78 is 11.7. The van der Waals surface area contributed by atoms with Crippen molar-refractivity contribution >= 4 is 16.9 Å². The molecular weight excluding hydrogens is 374 g/mol. The number of aliphatic hydroxyl groups is 1. The van der Waals surface area contributed by atoms with Gasteiger partial charge in [-0.05, 0) is 34.6 Å². The molecule has 0 saturated heterocycles. The maximum atomic E-state index is 12.7. The van der Waals surface area contributed by atoms with E-state index < -0.39 is 11.6 Å². The fourth-order valence-electron chi connectivity index (χ4n) is 3.02. The van der Waals surface area contributed by atoms with Crippen LogP contribution in [-0.2, 0) is 17.4 Å². The van der Waals surface area contributed by atoms with Gasteiger partial charge in [-0.25, -0.2) is 4.79 Å². The number of esters is 1. The summed E-state index contributed by atoms with van der Waals surface area (Å²) in [7, 11) is 1.59. The Labute approximate surface area is 167 Å². The van der Waals surface area contributed by atoms with Crippen molar-refractivity contribution in [1.29, 1.82) is 0 Å². The van der Waals surface area contributed by atoms with Gasteiger partial charge in [-0.15, -0.1) is 0 Å². The number of hydrogen-bond donors (Lipinski definition) is 2. The third-order valence-corrected chi connectivity index (χ3v) is 4.43. The number of ether oxygens (including phenoxy) is 1. The topological polar surface area (TPSA) is 110 Å². The van der Waals surface area contributed by atoms with Gasteiger partial charge in [0.05, 0.1) is 17.2 Å². The fourth-order valence-corrected chi connectivity index (χ4v) is 3.02. The van der Waals surface area contributed by atoms with E-state index in [1.165, 1.54) is 17.7 Å². The molecule has 0 unspecified atom stereocenters. The zero-order valence-electron chi connectivity index (χ0n) is 17.2. The molecule has 0 radical (unpaired) electrons. The Balaban J connectivity index is 2.22. The van der Waals surface area contributed by atoms with E-state index in [1.807, 2.05) is 0 Å². The second kappa shape index (κ2) is 7.26. The molecule has 0 aliphatic carbocycles. The quantitative estimate of drug-likeness (QED) is 0.518. The average molecular weight is 397 g/mol. The maximum Gasteiger partial charge on any atom is 0.340 e. The van der Waals surface area contributed by atoms with Crippen molar-refractivity contribution in [3.63, 3.8) is 0 Å². The highest BCUT2D eigenvalue weighted by atomic mass is 16.5. The molecule has 3 heterocycles. The number of aromatic nitrogens is 3. The van der Waals surface area contributed by atoms with Gasteiger partial charge in [0.15, 0.2) is 5.60 Å². The van der Waals surface area contributed by atoms with Crippen molar-refractivity contribution in [2.24, 2.45) is 7.05 Å². The Morgan fingerprint density at radius 3 is 2.69 bits per heavy atom. The van der Waals surface area contributed by atoms with E-state index in [-0.39, 0.29) is 28.4 Å². The second-order valence-electron chi connectivity index (χ2n) is 7.43. The summed E-state index contributed by atoms with van der Waals surface area (Å²) in [6, 6.07) is 1.59. The number of carbonyl (C=O) groups is 1. The molecule has 0 spiro atoms. The van der Waals surface area contributed by atoms with Gasteiger partial charge in [0.1, 0.15) is 17.0 Å². The molecule has 0 aromatic carbocycles. The van der Waals surface area contributed by atoms with Gasteiger partial charge in [-0.1, -0.05) is 17.0 Å². The third kappa shape index (κ3) is 3.82. The van der Waals surface area contributed by atoms with Crippen LogP contribution in [0.4, 0.5) is 0 Å². The van der Waals surface area contributed by atoms with Crippen molar-refractivity contribution in [2.45, 2.75) is 46.3 Å². The summed E-state index contributed by atoms with van der Waals surface area (Å²) in [6.07, 6.45) is 1.21. The van der Waals surface area contributed by atoms with Crippen LogP contribution in [0.2, 0.25) is 0 Å². The molecule has 0 amide bonds. The standard InChI is InChI=1S/C21H23N3O5/c1-11(2)28-20(26)16-13(4)22-18-17(16)14(10-24(6)19(18)25)7-8-21(5,27)15-9-12(3)29-23-15/h9-11,22,27H,1-6H3/t21-/m1/s1. The maximum absolute atomic E-state index is 12.7. The van der Waals surface area contributed by atoms with Crippen molar-refractivity contribution in [3.05, 3.63) is 50.9 Å². The number of nitrogens with one attached hydrogen (secondary N) is 1. The van der Waals surface area contributed by atoms with E-state index in [9.17, 15) is 14.7 Å². The third-order valence-electron chi connectivity index (χ3n) is 4.43. The number of aryl methyl sites for hydroxylation is 3. The van der Waals surface area contributed by atoms with Crippen LogP contribution in [0.5, 0.6) is 0 Å². The van der Waals surface area contributed by atoms with Gasteiger partial charge >= 0.3 is 5.97 Å². The van der Waals surface area contributed by atoms with Crippen molar-refractivity contribution < 1.29 is 19.2 Å². The van der Waals surface area contributed by atoms with Crippen LogP contribution in [-0.4, -0.2) is 31.9 Å². The lowest BCUT2D eigenvalue weighted by Gasteiger charge is -2.12. The lowest BCUT2D eigenvalue weighted by atomic mass is 10.0. The SMILES string of the molecule is Cc1cc([C@](C)(O)C#Cc2cn(C)c(=O)c3[nH]c(C)c(C(=O)OC(C)C)c23)no1. The van der Waals surface area contributed by atoms with Crippen LogP contribution >= 0.6 is 0 Å². The molecule has 3 rings (SSSR count). The number of pyridine rings is 1. The predicted molar refractivity (Wildman–Crippen MR) is 107 cm³/mol. The Kier molecular flexibility index (Phi) is 5.11. The second-order valence-corrected chi connectivity index (χ2v) is 7.43. The van der Waals surface area contributed by atoms with E-state index in [0.717, 1.165) is 0 Å². The molecule has 8 heteroatoms. The molecule has 3 aromatic rings. The van der Waals surface area contributed by atoms with Crippen LogP contribution < -0.4 is 5.56 Å². The lowest BCUT2D eigenvalue weighted by Crippen LogP contribution is -2.20. The van der Waals surface area contributed by atoms with Crippen LogP contribution in [0.3, 0.4) is 0 Å². The molecule has 2 N–H and O–H groups in total. The summed E-state index contributed by atoms with van der Waals surface area (Å²) >= 11 is 0. The van der Waals surface area contributed by atoms with Gasteiger partial charge in [0.25, 0.3) is 5.56 Å². The first-order valence-electron chi connectivity index (χ1n) is 9.13. The summed E-state index contributed by atoms with van der Waals surface area (Å²) in [5, 5.41) is 14.9. The van der Waals surface area contributed by atoms with Crippen LogP contribution in [0.25, 0.3) is 10.9 Å². The van der Waals surface area contributed by atoms with Crippen molar-refractivity contribution in [3.8, 4) is 11.8 Å². The zero-order chi connectivity index (χ0) is 21.5. The molecule has 1 atom stereocenters. The highest BCUT2D eigenvalue weighted by Crippen LogP contribution is 2.25. The minimum absolute atomic E-state index is 0.254. The zero-order valence-corrected chi connectivity index (χ0v) is 17.2. The summed E-state index contributed by atoms with van der Waals surface area (Å²) in [5.74, 6) is 5.66. The van der Waals surface area contributed by atoms with Crippen molar-refractivity contribution in [2.75, 3.05) is 0 Å². The van der Waals surface area contributed by atoms with Crippen LogP contribution in [0.15, 0.2) is 21.6 Å². The Bertz CT molecular complexity index is 1210. The van der Waals surface area contributed by atoms with Gasteiger partial charge < -0.3 is 23.9 Å². The Morgan fingerprint density at radius 2 is 2.10 bits per heavy atom. The van der Waals surface area contributed by atoms with Gasteiger partial charge in [-0.3, -0.25) is 4.79 Å². The lowest BCUT2D eigenvalue weighted by molar-refractivity contribution is 0.0379. The predicted octanol–water partition coefficient (Wildman–Crippen LogP) is 2.30. The monoisotopic (exact) mass is 397 g/mol. The first-order valence-corrected chi connectivity index (χ1v) is 9.13. The fraction of sp³-hybridized carbons (Fsp3) is 0.381. The van der Waals surface area contributed by atoms with Gasteiger partial charge in [0.2, 0.25) is 0 Å². The first kappa shape index (κ1) is 20.4. The minimum atomic E-state index is -1.58. The minimum Gasteiger partial charge on any atom is -0.459 e. The number of nitrogens with zero attached hydrogens (tertiary/aromatic N) is 2. The van der Waals surface area contributed by atoms with Gasteiger partial charge in [-0.2, -0.15) is 0 Å². The first-order chi connectivity index (χ1) is 13.5. The van der Waals surface area contributed by atoms with Crippen LogP contribution in [0.1, 0.15) is 53.8 Å². The van der Waals surface area contributed by atoms with Gasteiger partial charge in [0, 0.05) is 30.4 Å². The molecule has 8 nitrogen and oxygen atoms in total. The van der Waals surface area contributed by atoms with E-state index >= 15 is 0 Å². The normalized spacial score (nSPS) is 13.2. The number of rotatable bonds is 3. The van der Waals surface area contributed by atoms with Crippen LogP contribution in [0, 0.1) is 25.7 Å². The average Bonchev–Trinajstić information content (AvgIpc) is 3.20. The summed E-state index contributed by atoms with van der Waals surface area (Å²) in [4.78, 5) is 28.2. The van der Waals surface area contributed by atoms with E-state index in [2.05, 4.69) is 22.0 Å². The number of fused-ring (bicyclic) bond motifs is 1.